The van der Waals surface area contributed by atoms with Crippen LogP contribution in [0.1, 0.15) is 23.6 Å². The largest absolute Gasteiger partial charge is 0.493 e. The number of hydrogen-bond acceptors (Lipinski definition) is 7. The van der Waals surface area contributed by atoms with Gasteiger partial charge in [0.05, 0.1) is 30.2 Å². The molecule has 0 radical (unpaired) electrons. The van der Waals surface area contributed by atoms with Crippen LogP contribution in [0.4, 0.5) is 4.79 Å². The zero-order valence-corrected chi connectivity index (χ0v) is 19.4. The Bertz CT molecular complexity index is 1080. The zero-order valence-electron chi connectivity index (χ0n) is 17.8. The topological polar surface area (TPSA) is 82.1 Å². The normalized spacial score (nSPS) is 14.8. The van der Waals surface area contributed by atoms with Gasteiger partial charge in [-0.2, -0.15) is 0 Å². The van der Waals surface area contributed by atoms with E-state index in [0.717, 1.165) is 22.9 Å². The summed E-state index contributed by atoms with van der Waals surface area (Å²) in [6, 6.07) is 10.8. The first kappa shape index (κ1) is 23.7. The first-order chi connectivity index (χ1) is 15.3. The molecule has 0 aliphatic carbocycles. The van der Waals surface area contributed by atoms with Crippen molar-refractivity contribution in [2.45, 2.75) is 20.4 Å². The average molecular weight is 476 g/mol. The lowest BCUT2D eigenvalue weighted by molar-refractivity contribution is -0.145. The Labute approximate surface area is 195 Å². The molecule has 2 amide bonds. The summed E-state index contributed by atoms with van der Waals surface area (Å²) in [7, 11) is 1.43. The number of esters is 1. The molecule has 0 unspecified atom stereocenters. The van der Waals surface area contributed by atoms with Crippen molar-refractivity contribution in [3.8, 4) is 11.5 Å². The standard InChI is InChI=1S/C23H22ClNO6S/c1-4-30-20(26)13-31-21-17(24)9-16(10-18(21)29-3)11-19-22(27)25(23(28)32-19)12-15-7-5-6-14(2)8-15/h5-11H,4,12-13H2,1-3H3/b19-11-. The van der Waals surface area contributed by atoms with Gasteiger partial charge < -0.3 is 14.2 Å². The number of benzene rings is 2. The molecular formula is C23H22ClNO6S. The Morgan fingerprint density at radius 2 is 2.00 bits per heavy atom. The molecule has 168 valence electrons. The summed E-state index contributed by atoms with van der Waals surface area (Å²) < 4.78 is 15.6. The highest BCUT2D eigenvalue weighted by Crippen LogP contribution is 2.39. The molecule has 32 heavy (non-hydrogen) atoms. The minimum Gasteiger partial charge on any atom is -0.493 e. The molecule has 9 heteroatoms. The summed E-state index contributed by atoms with van der Waals surface area (Å²) in [6.45, 7) is 3.78. The minimum atomic E-state index is -0.531. The number of aryl methyl sites for hydroxylation is 1. The van der Waals surface area contributed by atoms with Crippen LogP contribution in [-0.2, 0) is 20.9 Å². The van der Waals surface area contributed by atoms with Crippen LogP contribution in [0.15, 0.2) is 41.3 Å². The number of thioether (sulfide) groups is 1. The maximum atomic E-state index is 12.8. The van der Waals surface area contributed by atoms with Crippen LogP contribution in [0.25, 0.3) is 6.08 Å². The van der Waals surface area contributed by atoms with Crippen LogP contribution in [0.3, 0.4) is 0 Å². The van der Waals surface area contributed by atoms with E-state index in [1.165, 1.54) is 12.0 Å². The van der Waals surface area contributed by atoms with E-state index in [2.05, 4.69) is 0 Å². The molecule has 0 saturated carbocycles. The van der Waals surface area contributed by atoms with E-state index in [1.54, 1.807) is 25.1 Å². The van der Waals surface area contributed by atoms with E-state index in [-0.39, 0.29) is 52.3 Å². The van der Waals surface area contributed by atoms with E-state index >= 15 is 0 Å². The van der Waals surface area contributed by atoms with Crippen molar-refractivity contribution >= 4 is 46.6 Å². The monoisotopic (exact) mass is 475 g/mol. The van der Waals surface area contributed by atoms with Crippen LogP contribution in [0.2, 0.25) is 5.02 Å². The van der Waals surface area contributed by atoms with Gasteiger partial charge in [-0.15, -0.1) is 0 Å². The predicted octanol–water partition coefficient (Wildman–Crippen LogP) is 4.84. The molecule has 1 aliphatic rings. The molecule has 0 N–H and O–H groups in total. The van der Waals surface area contributed by atoms with E-state index < -0.39 is 5.97 Å². The number of methoxy groups -OCH3 is 1. The van der Waals surface area contributed by atoms with Gasteiger partial charge in [0.25, 0.3) is 11.1 Å². The maximum absolute atomic E-state index is 12.8. The first-order valence-electron chi connectivity index (χ1n) is 9.79. The van der Waals surface area contributed by atoms with Gasteiger partial charge in [0.1, 0.15) is 0 Å². The second kappa shape index (κ2) is 10.6. The van der Waals surface area contributed by atoms with Crippen molar-refractivity contribution in [3.05, 3.63) is 63.0 Å². The summed E-state index contributed by atoms with van der Waals surface area (Å²) in [5, 5.41) is -0.144. The highest BCUT2D eigenvalue weighted by atomic mass is 35.5. The quantitative estimate of drug-likeness (QED) is 0.399. The number of amides is 2. The molecule has 2 aromatic rings. The Morgan fingerprint density at radius 3 is 2.69 bits per heavy atom. The van der Waals surface area contributed by atoms with E-state index in [0.29, 0.717) is 5.56 Å². The third-order valence-electron chi connectivity index (χ3n) is 4.49. The summed E-state index contributed by atoms with van der Waals surface area (Å²) in [5.41, 5.74) is 2.48. The fourth-order valence-electron chi connectivity index (χ4n) is 3.08. The molecule has 1 saturated heterocycles. The molecule has 1 fully saturated rings. The molecule has 1 heterocycles. The Kier molecular flexibility index (Phi) is 7.82. The number of hydrogen-bond donors (Lipinski definition) is 0. The Morgan fingerprint density at radius 1 is 1.22 bits per heavy atom. The summed E-state index contributed by atoms with van der Waals surface area (Å²) in [6.07, 6.45) is 1.57. The Balaban J connectivity index is 1.80. The van der Waals surface area contributed by atoms with Crippen molar-refractivity contribution in [2.75, 3.05) is 20.3 Å². The van der Waals surface area contributed by atoms with Crippen LogP contribution in [0.5, 0.6) is 11.5 Å². The molecular weight excluding hydrogens is 454 g/mol. The van der Waals surface area contributed by atoms with E-state index in [9.17, 15) is 14.4 Å². The summed E-state index contributed by atoms with van der Waals surface area (Å²) in [5.74, 6) is -0.435. The van der Waals surface area contributed by atoms with Gasteiger partial charge >= 0.3 is 5.97 Å². The van der Waals surface area contributed by atoms with Crippen molar-refractivity contribution in [1.29, 1.82) is 0 Å². The number of rotatable bonds is 8. The van der Waals surface area contributed by atoms with E-state index in [4.69, 9.17) is 25.8 Å². The number of ether oxygens (including phenoxy) is 3. The number of halogens is 1. The van der Waals surface area contributed by atoms with Crippen LogP contribution in [-0.4, -0.2) is 42.3 Å². The molecule has 1 aliphatic heterocycles. The van der Waals surface area contributed by atoms with Crippen molar-refractivity contribution in [2.24, 2.45) is 0 Å². The third kappa shape index (κ3) is 5.63. The minimum absolute atomic E-state index is 0.187. The second-order valence-corrected chi connectivity index (χ2v) is 8.29. The van der Waals surface area contributed by atoms with Crippen LogP contribution in [0, 0.1) is 6.92 Å². The SMILES string of the molecule is CCOC(=O)COc1c(Cl)cc(/C=C2\SC(=O)N(Cc3cccc(C)c3)C2=O)cc1OC. The molecule has 2 aromatic carbocycles. The van der Waals surface area contributed by atoms with Gasteiger partial charge in [0.15, 0.2) is 18.1 Å². The van der Waals surface area contributed by atoms with E-state index in [1.807, 2.05) is 31.2 Å². The van der Waals surface area contributed by atoms with Crippen molar-refractivity contribution in [1.82, 2.24) is 4.90 Å². The fraction of sp³-hybridized carbons (Fsp3) is 0.261. The number of nitrogens with zero attached hydrogens (tertiary/aromatic N) is 1. The molecule has 0 aromatic heterocycles. The summed E-state index contributed by atoms with van der Waals surface area (Å²) >= 11 is 7.19. The van der Waals surface area contributed by atoms with Gasteiger partial charge in [-0.05, 0) is 54.9 Å². The van der Waals surface area contributed by atoms with Gasteiger partial charge in [-0.3, -0.25) is 14.5 Å². The maximum Gasteiger partial charge on any atom is 0.344 e. The zero-order chi connectivity index (χ0) is 23.3. The predicted molar refractivity (Wildman–Crippen MR) is 123 cm³/mol. The van der Waals surface area contributed by atoms with Crippen molar-refractivity contribution < 1.29 is 28.6 Å². The lowest BCUT2D eigenvalue weighted by Gasteiger charge is -2.13. The van der Waals surface area contributed by atoms with Gasteiger partial charge in [0.2, 0.25) is 0 Å². The lowest BCUT2D eigenvalue weighted by Crippen LogP contribution is -2.27. The van der Waals surface area contributed by atoms with Gasteiger partial charge in [-0.1, -0.05) is 41.4 Å². The molecule has 0 atom stereocenters. The molecule has 0 bridgehead atoms. The van der Waals surface area contributed by atoms with Gasteiger partial charge in [0, 0.05) is 0 Å². The average Bonchev–Trinajstić information content (AvgIpc) is 3.00. The molecule has 0 spiro atoms. The second-order valence-electron chi connectivity index (χ2n) is 6.88. The van der Waals surface area contributed by atoms with Gasteiger partial charge in [-0.25, -0.2) is 4.79 Å². The smallest absolute Gasteiger partial charge is 0.344 e. The van der Waals surface area contributed by atoms with Crippen molar-refractivity contribution in [3.63, 3.8) is 0 Å². The first-order valence-corrected chi connectivity index (χ1v) is 11.0. The molecule has 7 nitrogen and oxygen atoms in total. The highest BCUT2D eigenvalue weighted by molar-refractivity contribution is 8.18. The van der Waals surface area contributed by atoms with Crippen LogP contribution < -0.4 is 9.47 Å². The third-order valence-corrected chi connectivity index (χ3v) is 5.67. The summed E-state index contributed by atoms with van der Waals surface area (Å²) in [4.78, 5) is 38.3. The number of carbonyl (C=O) groups is 3. The lowest BCUT2D eigenvalue weighted by atomic mass is 10.1. The number of carbonyl (C=O) groups excluding carboxylic acids is 3. The Hall–Kier alpha value is -2.97. The fourth-order valence-corrected chi connectivity index (χ4v) is 4.19. The molecule has 3 rings (SSSR count). The van der Waals surface area contributed by atoms with Crippen LogP contribution >= 0.6 is 23.4 Å². The highest BCUT2D eigenvalue weighted by Gasteiger charge is 2.35. The number of imide groups is 1.